The van der Waals surface area contributed by atoms with Gasteiger partial charge in [0.2, 0.25) is 5.82 Å². The molecule has 0 bridgehead atoms. The van der Waals surface area contributed by atoms with Gasteiger partial charge in [-0.05, 0) is 5.56 Å². The van der Waals surface area contributed by atoms with Crippen molar-refractivity contribution in [1.29, 1.82) is 0 Å². The first-order valence-electron chi connectivity index (χ1n) is 6.86. The molecule has 2 rings (SSSR count). The number of halogens is 3. The Labute approximate surface area is 144 Å². The van der Waals surface area contributed by atoms with Crippen LogP contribution in [0.5, 0.6) is 0 Å². The van der Waals surface area contributed by atoms with Crippen LogP contribution in [-0.2, 0) is 27.0 Å². The van der Waals surface area contributed by atoms with Crippen LogP contribution in [-0.4, -0.2) is 41.7 Å². The zero-order valence-electron chi connectivity index (χ0n) is 13.4. The van der Waals surface area contributed by atoms with Crippen molar-refractivity contribution in [3.63, 3.8) is 0 Å². The maximum atomic E-state index is 12.5. The third-order valence-electron chi connectivity index (χ3n) is 2.94. The number of hydrogen-bond acceptors (Lipinski definition) is 8. The zero-order chi connectivity index (χ0) is 19.3. The minimum absolute atomic E-state index is 0.192. The highest BCUT2D eigenvalue weighted by Crippen LogP contribution is 2.29. The highest BCUT2D eigenvalue weighted by Gasteiger charge is 2.38. The molecule has 0 N–H and O–H groups in total. The molecule has 0 atom stereocenters. The fourth-order valence-electron chi connectivity index (χ4n) is 1.74. The Hall–Kier alpha value is -3.31. The molecule has 0 saturated carbocycles. The number of rotatable bonds is 3. The van der Waals surface area contributed by atoms with Crippen molar-refractivity contribution in [2.24, 2.45) is 0 Å². The molecule has 9 nitrogen and oxygen atoms in total. The molecular formula is C14H12F3N3O6. The molecule has 1 aromatic heterocycles. The van der Waals surface area contributed by atoms with Crippen molar-refractivity contribution in [2.45, 2.75) is 12.7 Å². The number of carbonyl (C=O) groups is 2. The average molecular weight is 375 g/mol. The van der Waals surface area contributed by atoms with Crippen LogP contribution in [0.4, 0.5) is 22.8 Å². The molecule has 12 heteroatoms. The summed E-state index contributed by atoms with van der Waals surface area (Å²) in [5.41, 5.74) is 0.731. The van der Waals surface area contributed by atoms with Gasteiger partial charge in [-0.25, -0.2) is 9.59 Å². The van der Waals surface area contributed by atoms with Crippen LogP contribution in [0.1, 0.15) is 11.5 Å². The van der Waals surface area contributed by atoms with Gasteiger partial charge in [-0.2, -0.15) is 18.2 Å². The normalized spacial score (nSPS) is 11.0. The summed E-state index contributed by atoms with van der Waals surface area (Å²) < 4.78 is 50.3. The van der Waals surface area contributed by atoms with Gasteiger partial charge < -0.3 is 14.0 Å². The van der Waals surface area contributed by atoms with Crippen molar-refractivity contribution in [1.82, 2.24) is 15.2 Å². The summed E-state index contributed by atoms with van der Waals surface area (Å²) in [6, 6.07) is 5.76. The van der Waals surface area contributed by atoms with Crippen LogP contribution < -0.4 is 0 Å². The average Bonchev–Trinajstić information content (AvgIpc) is 3.11. The van der Waals surface area contributed by atoms with Crippen molar-refractivity contribution < 1.29 is 41.6 Å². The molecule has 0 aliphatic heterocycles. The van der Waals surface area contributed by atoms with E-state index in [4.69, 9.17) is 0 Å². The van der Waals surface area contributed by atoms with E-state index in [1.54, 1.807) is 0 Å². The van der Waals surface area contributed by atoms with E-state index >= 15 is 0 Å². The van der Waals surface area contributed by atoms with E-state index < -0.39 is 24.3 Å². The second-order valence-corrected chi connectivity index (χ2v) is 4.67. The predicted molar refractivity (Wildman–Crippen MR) is 76.2 cm³/mol. The van der Waals surface area contributed by atoms with Crippen LogP contribution in [0, 0.1) is 0 Å². The Morgan fingerprint density at radius 1 is 1.15 bits per heavy atom. The SMILES string of the molecule is COC(=O)ON(Cc1ccc(-c2noc(C(F)(F)F)n2)cc1)C(=O)OC. The number of nitrogens with zero attached hydrogens (tertiary/aromatic N) is 3. The second-order valence-electron chi connectivity index (χ2n) is 4.67. The molecule has 1 aromatic carbocycles. The zero-order valence-corrected chi connectivity index (χ0v) is 13.4. The Morgan fingerprint density at radius 2 is 1.81 bits per heavy atom. The largest absolute Gasteiger partial charge is 0.533 e. The fraction of sp³-hybridized carbons (Fsp3) is 0.286. The van der Waals surface area contributed by atoms with E-state index in [2.05, 4.69) is 29.0 Å². The lowest BCUT2D eigenvalue weighted by molar-refractivity contribution is -0.159. The van der Waals surface area contributed by atoms with Gasteiger partial charge in [0.25, 0.3) is 0 Å². The lowest BCUT2D eigenvalue weighted by Gasteiger charge is -2.18. The van der Waals surface area contributed by atoms with Gasteiger partial charge >= 0.3 is 24.3 Å². The lowest BCUT2D eigenvalue weighted by Crippen LogP contribution is -2.33. The van der Waals surface area contributed by atoms with E-state index in [1.165, 1.54) is 24.3 Å². The molecule has 0 spiro atoms. The molecule has 0 fully saturated rings. The van der Waals surface area contributed by atoms with Gasteiger partial charge in [0.15, 0.2) is 0 Å². The number of amides is 1. The quantitative estimate of drug-likeness (QED) is 0.596. The summed E-state index contributed by atoms with van der Waals surface area (Å²) >= 11 is 0. The van der Waals surface area contributed by atoms with Gasteiger partial charge in [0.05, 0.1) is 20.8 Å². The lowest BCUT2D eigenvalue weighted by atomic mass is 10.1. The topological polar surface area (TPSA) is 104 Å². The first-order valence-corrected chi connectivity index (χ1v) is 6.86. The number of alkyl halides is 3. The van der Waals surface area contributed by atoms with E-state index in [9.17, 15) is 22.8 Å². The van der Waals surface area contributed by atoms with Crippen molar-refractivity contribution >= 4 is 12.2 Å². The highest BCUT2D eigenvalue weighted by atomic mass is 19.4. The highest BCUT2D eigenvalue weighted by molar-refractivity contribution is 5.69. The number of hydroxylamine groups is 2. The number of ether oxygens (including phenoxy) is 2. The molecule has 0 radical (unpaired) electrons. The Morgan fingerprint density at radius 3 is 2.31 bits per heavy atom. The van der Waals surface area contributed by atoms with Gasteiger partial charge in [-0.3, -0.25) is 4.84 Å². The molecule has 0 unspecified atom stereocenters. The number of methoxy groups -OCH3 is 2. The summed E-state index contributed by atoms with van der Waals surface area (Å²) in [5.74, 6) is -1.71. The third-order valence-corrected chi connectivity index (χ3v) is 2.94. The predicted octanol–water partition coefficient (Wildman–Crippen LogP) is 3.02. The van der Waals surface area contributed by atoms with E-state index in [1.807, 2.05) is 0 Å². The molecule has 0 saturated heterocycles. The van der Waals surface area contributed by atoms with Crippen LogP contribution in [0.25, 0.3) is 11.4 Å². The minimum atomic E-state index is -4.74. The first-order chi connectivity index (χ1) is 12.2. The third kappa shape index (κ3) is 4.62. The van der Waals surface area contributed by atoms with Crippen LogP contribution in [0.2, 0.25) is 0 Å². The number of carbonyl (C=O) groups excluding carboxylic acids is 2. The number of hydrogen-bond donors (Lipinski definition) is 0. The summed E-state index contributed by atoms with van der Waals surface area (Å²) in [5, 5.41) is 3.87. The number of aromatic nitrogens is 2. The van der Waals surface area contributed by atoms with Crippen LogP contribution in [0.15, 0.2) is 28.8 Å². The minimum Gasteiger partial charge on any atom is -0.451 e. The Bertz CT molecular complexity index is 775. The fourth-order valence-corrected chi connectivity index (χ4v) is 1.74. The van der Waals surface area contributed by atoms with Crippen LogP contribution >= 0.6 is 0 Å². The van der Waals surface area contributed by atoms with Gasteiger partial charge in [0, 0.05) is 5.56 Å². The van der Waals surface area contributed by atoms with Crippen LogP contribution in [0.3, 0.4) is 0 Å². The molecular weight excluding hydrogens is 363 g/mol. The molecule has 1 heterocycles. The summed E-state index contributed by atoms with van der Waals surface area (Å²) in [6.07, 6.45) is -6.82. The van der Waals surface area contributed by atoms with E-state index in [0.717, 1.165) is 14.2 Å². The van der Waals surface area contributed by atoms with E-state index in [0.29, 0.717) is 10.6 Å². The molecule has 26 heavy (non-hydrogen) atoms. The maximum Gasteiger partial charge on any atom is 0.533 e. The van der Waals surface area contributed by atoms with Gasteiger partial charge in [-0.15, -0.1) is 5.06 Å². The Balaban J connectivity index is 2.13. The standard InChI is InChI=1S/C14H12F3N3O6/c1-23-12(21)20(26-13(22)24-2)7-8-3-5-9(6-4-8)10-18-11(25-19-10)14(15,16)17/h3-6H,7H2,1-2H3. The van der Waals surface area contributed by atoms with Crippen molar-refractivity contribution in [3.05, 3.63) is 35.7 Å². The molecule has 2 aromatic rings. The smallest absolute Gasteiger partial charge is 0.451 e. The van der Waals surface area contributed by atoms with Crippen molar-refractivity contribution in [2.75, 3.05) is 14.2 Å². The van der Waals surface area contributed by atoms with Gasteiger partial charge in [0.1, 0.15) is 0 Å². The monoisotopic (exact) mass is 375 g/mol. The summed E-state index contributed by atoms with van der Waals surface area (Å²) in [7, 11) is 2.15. The molecule has 1 amide bonds. The summed E-state index contributed by atoms with van der Waals surface area (Å²) in [6.45, 7) is -0.192. The first kappa shape index (κ1) is 19.0. The maximum absolute atomic E-state index is 12.5. The Kier molecular flexibility index (Phi) is 5.64. The van der Waals surface area contributed by atoms with Gasteiger partial charge in [-0.1, -0.05) is 29.4 Å². The number of benzene rings is 1. The summed E-state index contributed by atoms with van der Waals surface area (Å²) in [4.78, 5) is 30.6. The van der Waals surface area contributed by atoms with E-state index in [-0.39, 0.29) is 17.9 Å². The molecule has 0 aliphatic rings. The van der Waals surface area contributed by atoms with Crippen molar-refractivity contribution in [3.8, 4) is 11.4 Å². The molecule has 0 aliphatic carbocycles. The second kappa shape index (κ2) is 7.72. The molecule has 140 valence electrons.